The molecule has 2 atom stereocenters. The third-order valence-corrected chi connectivity index (χ3v) is 1.96. The second kappa shape index (κ2) is 4.31. The van der Waals surface area contributed by atoms with Crippen LogP contribution in [0.2, 0.25) is 0 Å². The summed E-state index contributed by atoms with van der Waals surface area (Å²) < 4.78 is 0. The van der Waals surface area contributed by atoms with Gasteiger partial charge in [-0.15, -0.1) is 0 Å². The van der Waals surface area contributed by atoms with Crippen LogP contribution in [0.1, 0.15) is 12.8 Å². The van der Waals surface area contributed by atoms with Crippen LogP contribution in [-0.2, 0) is 0 Å². The Labute approximate surface area is 67.0 Å². The Morgan fingerprint density at radius 1 is 1.27 bits per heavy atom. The summed E-state index contributed by atoms with van der Waals surface area (Å²) in [6, 6.07) is 0.770. The van der Waals surface area contributed by atoms with E-state index in [9.17, 15) is 0 Å². The first-order valence-corrected chi connectivity index (χ1v) is 4.06. The number of rotatable bonds is 4. The Morgan fingerprint density at radius 2 is 2.00 bits per heavy atom. The van der Waals surface area contributed by atoms with E-state index < -0.39 is 0 Å². The zero-order valence-electron chi connectivity index (χ0n) is 6.66. The minimum absolute atomic E-state index is 0.351. The van der Waals surface area contributed by atoms with Crippen LogP contribution in [-0.4, -0.2) is 31.5 Å². The molecule has 64 valence electrons. The minimum atomic E-state index is 0.351. The molecule has 5 N–H and O–H groups in total. The standard InChI is InChI=1S/C7H16N4/c8-3-1-6-7(2-4-9)11-5-10-6/h5-7H,1-4,8-9H2,(H,10,11). The van der Waals surface area contributed by atoms with E-state index in [1.165, 1.54) is 0 Å². The lowest BCUT2D eigenvalue weighted by atomic mass is 10.0. The molecule has 2 unspecified atom stereocenters. The SMILES string of the molecule is NCCC1N=CNC1CCN. The summed E-state index contributed by atoms with van der Waals surface area (Å²) in [5.74, 6) is 0. The Bertz CT molecular complexity index is 134. The summed E-state index contributed by atoms with van der Waals surface area (Å²) in [4.78, 5) is 4.25. The van der Waals surface area contributed by atoms with Crippen LogP contribution in [0.3, 0.4) is 0 Å². The lowest BCUT2D eigenvalue weighted by Gasteiger charge is -2.16. The molecule has 0 radical (unpaired) electrons. The molecular weight excluding hydrogens is 140 g/mol. The molecule has 0 aromatic carbocycles. The van der Waals surface area contributed by atoms with E-state index in [0.29, 0.717) is 25.2 Å². The molecule has 1 heterocycles. The fourth-order valence-corrected chi connectivity index (χ4v) is 1.35. The highest BCUT2D eigenvalue weighted by Gasteiger charge is 2.21. The summed E-state index contributed by atoms with van der Waals surface area (Å²) in [5.41, 5.74) is 10.9. The highest BCUT2D eigenvalue weighted by atomic mass is 15.1. The Balaban J connectivity index is 2.30. The Morgan fingerprint density at radius 3 is 2.64 bits per heavy atom. The summed E-state index contributed by atoms with van der Waals surface area (Å²) in [7, 11) is 0. The third kappa shape index (κ3) is 2.17. The molecule has 1 rings (SSSR count). The highest BCUT2D eigenvalue weighted by Crippen LogP contribution is 2.09. The summed E-state index contributed by atoms with van der Waals surface area (Å²) in [5, 5.41) is 3.17. The number of nitrogens with one attached hydrogen (secondary N) is 1. The lowest BCUT2D eigenvalue weighted by molar-refractivity contribution is 0.478. The van der Waals surface area contributed by atoms with Gasteiger partial charge in [0.1, 0.15) is 0 Å². The van der Waals surface area contributed by atoms with Crippen LogP contribution in [0, 0.1) is 0 Å². The predicted molar refractivity (Wildman–Crippen MR) is 46.5 cm³/mol. The second-order valence-corrected chi connectivity index (χ2v) is 2.77. The predicted octanol–water partition coefficient (Wildman–Crippen LogP) is -0.947. The molecule has 0 saturated carbocycles. The van der Waals surface area contributed by atoms with Gasteiger partial charge < -0.3 is 16.8 Å². The minimum Gasteiger partial charge on any atom is -0.371 e. The van der Waals surface area contributed by atoms with E-state index in [2.05, 4.69) is 10.3 Å². The van der Waals surface area contributed by atoms with Crippen LogP contribution < -0.4 is 16.8 Å². The van der Waals surface area contributed by atoms with Crippen molar-refractivity contribution in [1.29, 1.82) is 0 Å². The maximum Gasteiger partial charge on any atom is 0.0831 e. The van der Waals surface area contributed by atoms with Gasteiger partial charge in [0.15, 0.2) is 0 Å². The largest absolute Gasteiger partial charge is 0.371 e. The number of hydrogen-bond donors (Lipinski definition) is 3. The van der Waals surface area contributed by atoms with Gasteiger partial charge in [0.2, 0.25) is 0 Å². The third-order valence-electron chi connectivity index (χ3n) is 1.96. The van der Waals surface area contributed by atoms with E-state index in [1.54, 1.807) is 6.34 Å². The molecule has 1 aliphatic rings. The fourth-order valence-electron chi connectivity index (χ4n) is 1.35. The van der Waals surface area contributed by atoms with E-state index in [1.807, 2.05) is 0 Å². The van der Waals surface area contributed by atoms with Crippen LogP contribution in [0.25, 0.3) is 0 Å². The molecule has 0 amide bonds. The normalized spacial score (nSPS) is 28.9. The van der Waals surface area contributed by atoms with Crippen LogP contribution in [0.5, 0.6) is 0 Å². The first-order valence-electron chi connectivity index (χ1n) is 4.06. The maximum atomic E-state index is 5.44. The molecule has 0 saturated heterocycles. The number of nitrogens with zero attached hydrogens (tertiary/aromatic N) is 1. The molecule has 0 aromatic rings. The van der Waals surface area contributed by atoms with Gasteiger partial charge in [-0.1, -0.05) is 0 Å². The number of nitrogens with two attached hydrogens (primary N) is 2. The molecule has 0 aliphatic carbocycles. The maximum absolute atomic E-state index is 5.44. The fraction of sp³-hybridized carbons (Fsp3) is 0.857. The highest BCUT2D eigenvalue weighted by molar-refractivity contribution is 5.58. The zero-order valence-corrected chi connectivity index (χ0v) is 6.66. The lowest BCUT2D eigenvalue weighted by Crippen LogP contribution is -2.34. The second-order valence-electron chi connectivity index (χ2n) is 2.77. The molecule has 4 nitrogen and oxygen atoms in total. The van der Waals surface area contributed by atoms with E-state index in [-0.39, 0.29) is 0 Å². The number of aliphatic imine (C=N–C) groups is 1. The van der Waals surface area contributed by atoms with Crippen molar-refractivity contribution in [3.05, 3.63) is 0 Å². The van der Waals surface area contributed by atoms with Gasteiger partial charge in [-0.2, -0.15) is 0 Å². The van der Waals surface area contributed by atoms with Gasteiger partial charge in [0, 0.05) is 0 Å². The molecule has 1 aliphatic heterocycles. The van der Waals surface area contributed by atoms with E-state index in [4.69, 9.17) is 11.5 Å². The first-order chi connectivity index (χ1) is 5.38. The van der Waals surface area contributed by atoms with Crippen molar-refractivity contribution in [2.75, 3.05) is 13.1 Å². The van der Waals surface area contributed by atoms with Gasteiger partial charge in [0.05, 0.1) is 18.4 Å². The van der Waals surface area contributed by atoms with Gasteiger partial charge in [-0.3, -0.25) is 4.99 Å². The van der Waals surface area contributed by atoms with Crippen LogP contribution >= 0.6 is 0 Å². The molecule has 0 spiro atoms. The smallest absolute Gasteiger partial charge is 0.0831 e. The molecule has 4 heteroatoms. The van der Waals surface area contributed by atoms with Crippen molar-refractivity contribution >= 4 is 6.34 Å². The van der Waals surface area contributed by atoms with Crippen molar-refractivity contribution in [2.45, 2.75) is 24.9 Å². The monoisotopic (exact) mass is 156 g/mol. The zero-order chi connectivity index (χ0) is 8.10. The summed E-state index contributed by atoms with van der Waals surface area (Å²) in [6.45, 7) is 1.41. The Kier molecular flexibility index (Phi) is 3.32. The summed E-state index contributed by atoms with van der Waals surface area (Å²) in [6.07, 6.45) is 3.69. The first kappa shape index (κ1) is 8.49. The van der Waals surface area contributed by atoms with E-state index in [0.717, 1.165) is 12.8 Å². The number of hydrogen-bond acceptors (Lipinski definition) is 4. The van der Waals surface area contributed by atoms with Crippen molar-refractivity contribution in [1.82, 2.24) is 5.32 Å². The van der Waals surface area contributed by atoms with Crippen molar-refractivity contribution in [2.24, 2.45) is 16.5 Å². The van der Waals surface area contributed by atoms with Gasteiger partial charge >= 0.3 is 0 Å². The topological polar surface area (TPSA) is 76.4 Å². The average molecular weight is 156 g/mol. The molecule has 0 bridgehead atoms. The molecule has 0 fully saturated rings. The Hall–Kier alpha value is -0.610. The molecule has 11 heavy (non-hydrogen) atoms. The van der Waals surface area contributed by atoms with Crippen LogP contribution in [0.15, 0.2) is 4.99 Å². The average Bonchev–Trinajstić information content (AvgIpc) is 2.39. The van der Waals surface area contributed by atoms with Crippen molar-refractivity contribution < 1.29 is 0 Å². The van der Waals surface area contributed by atoms with Gasteiger partial charge in [0.25, 0.3) is 0 Å². The van der Waals surface area contributed by atoms with Crippen molar-refractivity contribution in [3.8, 4) is 0 Å². The van der Waals surface area contributed by atoms with Gasteiger partial charge in [-0.05, 0) is 25.9 Å². The van der Waals surface area contributed by atoms with Crippen molar-refractivity contribution in [3.63, 3.8) is 0 Å². The molecule has 0 aromatic heterocycles. The van der Waals surface area contributed by atoms with Gasteiger partial charge in [-0.25, -0.2) is 0 Å². The summed E-state index contributed by atoms with van der Waals surface area (Å²) >= 11 is 0. The van der Waals surface area contributed by atoms with Crippen LogP contribution in [0.4, 0.5) is 0 Å². The molecular formula is C7H16N4. The van der Waals surface area contributed by atoms with E-state index >= 15 is 0 Å². The quantitative estimate of drug-likeness (QED) is 0.491.